The van der Waals surface area contributed by atoms with Gasteiger partial charge in [0.2, 0.25) is 11.9 Å². The second kappa shape index (κ2) is 8.55. The van der Waals surface area contributed by atoms with Crippen molar-refractivity contribution in [2.75, 3.05) is 25.0 Å². The van der Waals surface area contributed by atoms with Crippen molar-refractivity contribution in [1.29, 1.82) is 5.26 Å². The molecule has 10 heteroatoms. The van der Waals surface area contributed by atoms with E-state index in [1.54, 1.807) is 12.3 Å². The molecule has 0 aromatic carbocycles. The van der Waals surface area contributed by atoms with E-state index in [0.29, 0.717) is 36.2 Å². The molecule has 27 heavy (non-hydrogen) atoms. The summed E-state index contributed by atoms with van der Waals surface area (Å²) < 4.78 is 0. The van der Waals surface area contributed by atoms with E-state index in [0.717, 1.165) is 30.7 Å². The number of amides is 1. The Morgan fingerprint density at radius 2 is 2.33 bits per heavy atom. The zero-order chi connectivity index (χ0) is 19.2. The third kappa shape index (κ3) is 4.57. The lowest BCUT2D eigenvalue weighted by atomic mass is 10.1. The van der Waals surface area contributed by atoms with Crippen molar-refractivity contribution in [1.82, 2.24) is 19.9 Å². The molecule has 9 nitrogen and oxygen atoms in total. The summed E-state index contributed by atoms with van der Waals surface area (Å²) in [5, 5.41) is 23.4. The van der Waals surface area contributed by atoms with Crippen molar-refractivity contribution < 1.29 is 14.7 Å². The van der Waals surface area contributed by atoms with Crippen LogP contribution in [0.1, 0.15) is 46.4 Å². The number of aromatic nitrogens is 3. The first-order valence-electron chi connectivity index (χ1n) is 8.51. The fraction of sp³-hybridized carbons (Fsp3) is 0.412. The smallest absolute Gasteiger partial charge is 0.355 e. The zero-order valence-corrected chi connectivity index (χ0v) is 15.3. The van der Waals surface area contributed by atoms with Gasteiger partial charge in [-0.1, -0.05) is 0 Å². The van der Waals surface area contributed by atoms with Gasteiger partial charge in [-0.2, -0.15) is 5.26 Å². The van der Waals surface area contributed by atoms with Crippen molar-refractivity contribution in [2.45, 2.75) is 25.2 Å². The number of rotatable bonds is 8. The topological polar surface area (TPSA) is 132 Å². The van der Waals surface area contributed by atoms with E-state index in [9.17, 15) is 14.9 Å². The van der Waals surface area contributed by atoms with Crippen LogP contribution < -0.4 is 5.32 Å². The Labute approximate surface area is 159 Å². The van der Waals surface area contributed by atoms with E-state index >= 15 is 0 Å². The van der Waals surface area contributed by atoms with Gasteiger partial charge in [0, 0.05) is 37.6 Å². The van der Waals surface area contributed by atoms with Crippen molar-refractivity contribution in [3.8, 4) is 6.07 Å². The average Bonchev–Trinajstić information content (AvgIpc) is 3.30. The summed E-state index contributed by atoms with van der Waals surface area (Å²) in [5.74, 6) is -1.30. The van der Waals surface area contributed by atoms with E-state index in [2.05, 4.69) is 26.3 Å². The summed E-state index contributed by atoms with van der Waals surface area (Å²) in [5.41, 5.74) is 0.370. The van der Waals surface area contributed by atoms with Crippen molar-refractivity contribution in [2.24, 2.45) is 0 Å². The number of carboxylic acid groups (broad SMARTS) is 1. The summed E-state index contributed by atoms with van der Waals surface area (Å²) in [4.78, 5) is 36.9. The number of nitrogens with one attached hydrogen (secondary N) is 1. The Morgan fingerprint density at radius 1 is 1.48 bits per heavy atom. The van der Waals surface area contributed by atoms with Crippen LogP contribution in [0.5, 0.6) is 0 Å². The van der Waals surface area contributed by atoms with Crippen LogP contribution in [-0.2, 0) is 4.79 Å². The number of hydrogen-bond donors (Lipinski definition) is 2. The molecule has 0 radical (unpaired) electrons. The van der Waals surface area contributed by atoms with Gasteiger partial charge >= 0.3 is 5.97 Å². The predicted molar refractivity (Wildman–Crippen MR) is 97.5 cm³/mol. The lowest BCUT2D eigenvalue weighted by Gasteiger charge is -2.15. The summed E-state index contributed by atoms with van der Waals surface area (Å²) in [6.45, 7) is 2.12. The molecule has 0 aliphatic carbocycles. The Hall–Kier alpha value is -3.06. The fourth-order valence-electron chi connectivity index (χ4n) is 2.80. The quantitative estimate of drug-likeness (QED) is 0.655. The largest absolute Gasteiger partial charge is 0.476 e. The van der Waals surface area contributed by atoms with E-state index in [1.165, 1.54) is 5.38 Å². The number of anilines is 1. The van der Waals surface area contributed by atoms with Crippen LogP contribution >= 0.6 is 11.3 Å². The van der Waals surface area contributed by atoms with Crippen LogP contribution in [0.2, 0.25) is 0 Å². The molecule has 2 aromatic rings. The zero-order valence-electron chi connectivity index (χ0n) is 14.5. The monoisotopic (exact) mass is 386 g/mol. The molecular weight excluding hydrogens is 368 g/mol. The van der Waals surface area contributed by atoms with Gasteiger partial charge in [-0.3, -0.25) is 4.79 Å². The molecule has 3 rings (SSSR count). The first-order chi connectivity index (χ1) is 13.1. The maximum atomic E-state index is 11.6. The fourth-order valence-corrected chi connectivity index (χ4v) is 3.64. The lowest BCUT2D eigenvalue weighted by molar-refractivity contribution is -0.127. The first kappa shape index (κ1) is 18.7. The van der Waals surface area contributed by atoms with Crippen LogP contribution in [0.25, 0.3) is 0 Å². The molecule has 1 unspecified atom stereocenters. The second-order valence-electron chi connectivity index (χ2n) is 6.01. The van der Waals surface area contributed by atoms with Crippen molar-refractivity contribution >= 4 is 29.2 Å². The summed E-state index contributed by atoms with van der Waals surface area (Å²) in [7, 11) is 0. The van der Waals surface area contributed by atoms with Gasteiger partial charge in [0.15, 0.2) is 5.69 Å². The molecule has 1 saturated heterocycles. The molecule has 1 amide bonds. The number of thiazole rings is 1. The van der Waals surface area contributed by atoms with Gasteiger partial charge in [-0.15, -0.1) is 11.3 Å². The Morgan fingerprint density at radius 3 is 3.00 bits per heavy atom. The van der Waals surface area contributed by atoms with Gasteiger partial charge in [-0.25, -0.2) is 19.7 Å². The molecule has 140 valence electrons. The standard InChI is InChI=1S/C17H18N6O3S/c18-9-11(15-21-13(10-27-15)16(25)26)12-4-6-20-17(22-12)19-5-2-8-23-7-1-3-14(23)24/h4,6,10-11H,1-3,5,7-8H2,(H,25,26)(H,19,20,22). The molecule has 3 heterocycles. The molecule has 0 saturated carbocycles. The van der Waals surface area contributed by atoms with Crippen LogP contribution in [0.4, 0.5) is 5.95 Å². The minimum Gasteiger partial charge on any atom is -0.476 e. The molecule has 1 atom stereocenters. The van der Waals surface area contributed by atoms with Gasteiger partial charge in [-0.05, 0) is 18.9 Å². The summed E-state index contributed by atoms with van der Waals surface area (Å²) in [6.07, 6.45) is 3.88. The third-order valence-electron chi connectivity index (χ3n) is 4.15. The number of carbonyl (C=O) groups is 2. The number of aromatic carboxylic acids is 1. The van der Waals surface area contributed by atoms with Crippen LogP contribution in [-0.4, -0.2) is 56.5 Å². The second-order valence-corrected chi connectivity index (χ2v) is 6.90. The van der Waals surface area contributed by atoms with Crippen LogP contribution in [0.15, 0.2) is 17.6 Å². The van der Waals surface area contributed by atoms with Gasteiger partial charge in [0.1, 0.15) is 10.9 Å². The van der Waals surface area contributed by atoms with Gasteiger partial charge in [0.05, 0.1) is 11.8 Å². The van der Waals surface area contributed by atoms with E-state index < -0.39 is 11.9 Å². The highest BCUT2D eigenvalue weighted by Crippen LogP contribution is 2.26. The highest BCUT2D eigenvalue weighted by molar-refractivity contribution is 7.10. The highest BCUT2D eigenvalue weighted by Gasteiger charge is 2.22. The van der Waals surface area contributed by atoms with E-state index in [-0.39, 0.29) is 11.6 Å². The van der Waals surface area contributed by atoms with E-state index in [1.807, 2.05) is 4.90 Å². The molecule has 2 N–H and O–H groups in total. The van der Waals surface area contributed by atoms with Gasteiger partial charge < -0.3 is 15.3 Å². The third-order valence-corrected chi connectivity index (χ3v) is 5.06. The maximum Gasteiger partial charge on any atom is 0.355 e. The van der Waals surface area contributed by atoms with E-state index in [4.69, 9.17) is 5.11 Å². The van der Waals surface area contributed by atoms with Crippen LogP contribution in [0, 0.1) is 11.3 Å². The predicted octanol–water partition coefficient (Wildman–Crippen LogP) is 1.71. The molecule has 2 aromatic heterocycles. The highest BCUT2D eigenvalue weighted by atomic mass is 32.1. The molecule has 1 fully saturated rings. The number of carbonyl (C=O) groups excluding carboxylic acids is 1. The Bertz CT molecular complexity index is 878. The van der Waals surface area contributed by atoms with Crippen molar-refractivity contribution in [3.05, 3.63) is 34.0 Å². The minimum absolute atomic E-state index is 0.0842. The maximum absolute atomic E-state index is 11.6. The lowest BCUT2D eigenvalue weighted by Crippen LogP contribution is -2.27. The normalized spacial score (nSPS) is 14.8. The molecule has 0 spiro atoms. The van der Waals surface area contributed by atoms with Crippen LogP contribution in [0.3, 0.4) is 0 Å². The minimum atomic E-state index is -1.13. The number of hydrogen-bond acceptors (Lipinski definition) is 8. The SMILES string of the molecule is N#CC(c1ccnc(NCCCN2CCCC2=O)n1)c1nc(C(=O)O)cs1. The molecular formula is C17H18N6O3S. The number of nitrogens with zero attached hydrogens (tertiary/aromatic N) is 5. The number of carboxylic acids is 1. The molecule has 1 aliphatic rings. The number of nitriles is 1. The number of likely N-dealkylation sites (tertiary alicyclic amines) is 1. The first-order valence-corrected chi connectivity index (χ1v) is 9.39. The Kier molecular flexibility index (Phi) is 5.93. The van der Waals surface area contributed by atoms with Crippen molar-refractivity contribution in [3.63, 3.8) is 0 Å². The average molecular weight is 386 g/mol. The Balaban J connectivity index is 1.60. The molecule has 1 aliphatic heterocycles. The van der Waals surface area contributed by atoms with Gasteiger partial charge in [0.25, 0.3) is 0 Å². The summed E-state index contributed by atoms with van der Waals surface area (Å²) in [6, 6.07) is 3.73. The summed E-state index contributed by atoms with van der Waals surface area (Å²) >= 11 is 1.11. The molecule has 0 bridgehead atoms.